The lowest BCUT2D eigenvalue weighted by atomic mass is 10.1. The van der Waals surface area contributed by atoms with Gasteiger partial charge in [-0.05, 0) is 50.3 Å². The first-order chi connectivity index (χ1) is 11.2. The van der Waals surface area contributed by atoms with Crippen molar-refractivity contribution in [1.82, 2.24) is 10.6 Å². The minimum Gasteiger partial charge on any atom is -0.493 e. The lowest BCUT2D eigenvalue weighted by Gasteiger charge is -2.11. The van der Waals surface area contributed by atoms with E-state index in [1.54, 1.807) is 7.11 Å². The van der Waals surface area contributed by atoms with Gasteiger partial charge in [-0.15, -0.1) is 0 Å². The van der Waals surface area contributed by atoms with Gasteiger partial charge in [0.25, 0.3) is 0 Å². The summed E-state index contributed by atoms with van der Waals surface area (Å²) in [5.41, 5.74) is 1.08. The van der Waals surface area contributed by atoms with Crippen LogP contribution in [-0.2, 0) is 6.42 Å². The Morgan fingerprint density at radius 2 is 1.91 bits per heavy atom. The predicted molar refractivity (Wildman–Crippen MR) is 90.2 cm³/mol. The van der Waals surface area contributed by atoms with Gasteiger partial charge in [0.1, 0.15) is 0 Å². The average molecular weight is 324 g/mol. The third-order valence-corrected chi connectivity index (χ3v) is 3.35. The summed E-state index contributed by atoms with van der Waals surface area (Å²) in [6.07, 6.45) is 3.30. The van der Waals surface area contributed by atoms with Gasteiger partial charge in [-0.3, -0.25) is 0 Å². The summed E-state index contributed by atoms with van der Waals surface area (Å²) in [6, 6.07) is 5.63. The number of carbonyl (C=O) groups is 1. The number of hydrogen-bond donors (Lipinski definition) is 3. The lowest BCUT2D eigenvalue weighted by Crippen LogP contribution is -2.37. The summed E-state index contributed by atoms with van der Waals surface area (Å²) in [5.74, 6) is 1.44. The van der Waals surface area contributed by atoms with Gasteiger partial charge in [0.05, 0.1) is 13.7 Å². The monoisotopic (exact) mass is 324 g/mol. The van der Waals surface area contributed by atoms with Gasteiger partial charge in [0.15, 0.2) is 11.5 Å². The molecule has 0 heterocycles. The van der Waals surface area contributed by atoms with Crippen LogP contribution in [0.2, 0.25) is 0 Å². The van der Waals surface area contributed by atoms with Gasteiger partial charge in [-0.1, -0.05) is 6.07 Å². The van der Waals surface area contributed by atoms with Gasteiger partial charge in [-0.25, -0.2) is 4.79 Å². The first-order valence-corrected chi connectivity index (χ1v) is 8.13. The van der Waals surface area contributed by atoms with Crippen molar-refractivity contribution in [2.75, 3.05) is 33.4 Å². The van der Waals surface area contributed by atoms with Crippen LogP contribution in [-0.4, -0.2) is 44.6 Å². The van der Waals surface area contributed by atoms with Crippen LogP contribution >= 0.6 is 0 Å². The number of methoxy groups -OCH3 is 1. The maximum absolute atomic E-state index is 11.6. The van der Waals surface area contributed by atoms with Crippen LogP contribution in [0.15, 0.2) is 18.2 Å². The van der Waals surface area contributed by atoms with Crippen LogP contribution < -0.4 is 20.1 Å². The highest BCUT2D eigenvalue weighted by atomic mass is 16.5. The van der Waals surface area contributed by atoms with Gasteiger partial charge < -0.3 is 25.2 Å². The minimum atomic E-state index is -0.160. The van der Waals surface area contributed by atoms with E-state index < -0.39 is 0 Å². The fraction of sp³-hybridized carbons (Fsp3) is 0.588. The summed E-state index contributed by atoms with van der Waals surface area (Å²) in [7, 11) is 1.62. The first-order valence-electron chi connectivity index (χ1n) is 8.13. The van der Waals surface area contributed by atoms with Gasteiger partial charge in [0, 0.05) is 19.7 Å². The Kier molecular flexibility index (Phi) is 9.63. The number of benzene rings is 1. The molecule has 1 rings (SSSR count). The van der Waals surface area contributed by atoms with Crippen molar-refractivity contribution in [3.8, 4) is 11.5 Å². The topological polar surface area (TPSA) is 79.8 Å². The van der Waals surface area contributed by atoms with E-state index in [1.807, 2.05) is 25.1 Å². The number of unbranched alkanes of at least 4 members (excludes halogenated alkanes) is 2. The highest BCUT2D eigenvalue weighted by Gasteiger charge is 2.06. The zero-order valence-electron chi connectivity index (χ0n) is 14.1. The third-order valence-electron chi connectivity index (χ3n) is 3.35. The SMILES string of the molecule is CCOc1ccc(CCNC(=O)NCCCCCO)cc1OC. The number of aliphatic hydroxyl groups excluding tert-OH is 1. The molecule has 130 valence electrons. The highest BCUT2D eigenvalue weighted by molar-refractivity contribution is 5.73. The Hall–Kier alpha value is -1.95. The molecule has 3 N–H and O–H groups in total. The molecule has 6 heteroatoms. The van der Waals surface area contributed by atoms with Crippen molar-refractivity contribution in [2.24, 2.45) is 0 Å². The molecule has 0 saturated carbocycles. The van der Waals surface area contributed by atoms with Crippen LogP contribution in [0.1, 0.15) is 31.7 Å². The van der Waals surface area contributed by atoms with Crippen LogP contribution in [0, 0.1) is 0 Å². The molecule has 0 saturated heterocycles. The van der Waals surface area contributed by atoms with E-state index in [2.05, 4.69) is 10.6 Å². The third kappa shape index (κ3) is 7.74. The molecule has 2 amide bonds. The molecule has 0 fully saturated rings. The number of ether oxygens (including phenoxy) is 2. The number of amides is 2. The molecule has 6 nitrogen and oxygen atoms in total. The molecule has 0 aliphatic heterocycles. The second-order valence-corrected chi connectivity index (χ2v) is 5.14. The van der Waals surface area contributed by atoms with E-state index in [-0.39, 0.29) is 12.6 Å². The summed E-state index contributed by atoms with van der Waals surface area (Å²) in [5, 5.41) is 14.3. The molecule has 1 aromatic rings. The molecular weight excluding hydrogens is 296 g/mol. The predicted octanol–water partition coefficient (Wildman–Crippen LogP) is 2.10. The average Bonchev–Trinajstić information content (AvgIpc) is 2.56. The number of carbonyl (C=O) groups excluding carboxylic acids is 1. The fourth-order valence-electron chi connectivity index (χ4n) is 2.14. The van der Waals surface area contributed by atoms with Crippen LogP contribution in [0.25, 0.3) is 0 Å². The van der Waals surface area contributed by atoms with E-state index in [1.165, 1.54) is 0 Å². The van der Waals surface area contributed by atoms with Crippen molar-refractivity contribution >= 4 is 6.03 Å². The molecule has 0 unspecified atom stereocenters. The Labute approximate surface area is 138 Å². The van der Waals surface area contributed by atoms with E-state index in [0.29, 0.717) is 25.4 Å². The molecule has 0 aromatic heterocycles. The second kappa shape index (κ2) is 11.6. The number of rotatable bonds is 11. The first kappa shape index (κ1) is 19.1. The molecule has 0 aliphatic carbocycles. The number of aliphatic hydroxyl groups is 1. The Morgan fingerprint density at radius 3 is 2.61 bits per heavy atom. The largest absolute Gasteiger partial charge is 0.493 e. The second-order valence-electron chi connectivity index (χ2n) is 5.14. The summed E-state index contributed by atoms with van der Waals surface area (Å²) < 4.78 is 10.8. The van der Waals surface area contributed by atoms with Crippen molar-refractivity contribution in [1.29, 1.82) is 0 Å². The summed E-state index contributed by atoms with van der Waals surface area (Å²) in [4.78, 5) is 11.6. The Balaban J connectivity index is 2.28. The van der Waals surface area contributed by atoms with Gasteiger partial charge in [-0.2, -0.15) is 0 Å². The van der Waals surface area contributed by atoms with Crippen molar-refractivity contribution in [2.45, 2.75) is 32.6 Å². The molecule has 23 heavy (non-hydrogen) atoms. The summed E-state index contributed by atoms with van der Waals surface area (Å²) >= 11 is 0. The lowest BCUT2D eigenvalue weighted by molar-refractivity contribution is 0.240. The van der Waals surface area contributed by atoms with E-state index in [0.717, 1.165) is 37.0 Å². The van der Waals surface area contributed by atoms with Crippen LogP contribution in [0.3, 0.4) is 0 Å². The number of nitrogens with one attached hydrogen (secondary N) is 2. The van der Waals surface area contributed by atoms with Crippen molar-refractivity contribution in [3.63, 3.8) is 0 Å². The maximum Gasteiger partial charge on any atom is 0.314 e. The van der Waals surface area contributed by atoms with Crippen LogP contribution in [0.4, 0.5) is 4.79 Å². The zero-order chi connectivity index (χ0) is 16.9. The van der Waals surface area contributed by atoms with Gasteiger partial charge >= 0.3 is 6.03 Å². The summed E-state index contributed by atoms with van der Waals surface area (Å²) in [6.45, 7) is 3.91. The Morgan fingerprint density at radius 1 is 1.13 bits per heavy atom. The molecule has 0 atom stereocenters. The number of hydrogen-bond acceptors (Lipinski definition) is 4. The van der Waals surface area contributed by atoms with Gasteiger partial charge in [0.2, 0.25) is 0 Å². The molecular formula is C17H28N2O4. The molecule has 0 aliphatic rings. The number of urea groups is 1. The quantitative estimate of drug-likeness (QED) is 0.545. The molecule has 1 aromatic carbocycles. The standard InChI is InChI=1S/C17H28N2O4/c1-3-23-15-8-7-14(13-16(15)22-2)9-11-19-17(21)18-10-5-4-6-12-20/h7-8,13,20H,3-6,9-12H2,1-2H3,(H2,18,19,21). The maximum atomic E-state index is 11.6. The van der Waals surface area contributed by atoms with Crippen molar-refractivity contribution in [3.05, 3.63) is 23.8 Å². The highest BCUT2D eigenvalue weighted by Crippen LogP contribution is 2.28. The van der Waals surface area contributed by atoms with Crippen molar-refractivity contribution < 1.29 is 19.4 Å². The van der Waals surface area contributed by atoms with Crippen LogP contribution in [0.5, 0.6) is 11.5 Å². The zero-order valence-corrected chi connectivity index (χ0v) is 14.1. The normalized spacial score (nSPS) is 10.2. The molecule has 0 bridgehead atoms. The smallest absolute Gasteiger partial charge is 0.314 e. The molecule has 0 spiro atoms. The fourth-order valence-corrected chi connectivity index (χ4v) is 2.14. The van der Waals surface area contributed by atoms with E-state index in [9.17, 15) is 4.79 Å². The minimum absolute atomic E-state index is 0.160. The Bertz CT molecular complexity index is 466. The van der Waals surface area contributed by atoms with E-state index in [4.69, 9.17) is 14.6 Å². The molecule has 0 radical (unpaired) electrons. The van der Waals surface area contributed by atoms with E-state index >= 15 is 0 Å².